The summed E-state index contributed by atoms with van der Waals surface area (Å²) in [6.07, 6.45) is 0. The summed E-state index contributed by atoms with van der Waals surface area (Å²) in [5, 5.41) is 13.9. The molecule has 3 heterocycles. The summed E-state index contributed by atoms with van der Waals surface area (Å²) >= 11 is 7.69. The number of fused-ring (bicyclic) bond motifs is 1. The van der Waals surface area contributed by atoms with Crippen LogP contribution in [0.3, 0.4) is 0 Å². The van der Waals surface area contributed by atoms with Gasteiger partial charge >= 0.3 is 0 Å². The molecule has 5 nitrogen and oxygen atoms in total. The summed E-state index contributed by atoms with van der Waals surface area (Å²) in [5.74, 6) is -1.69. The number of halogens is 1. The van der Waals surface area contributed by atoms with Crippen LogP contribution in [0.15, 0.2) is 81.8 Å². The minimum Gasteiger partial charge on any atom is -0.503 e. The fourth-order valence-corrected chi connectivity index (χ4v) is 4.78. The van der Waals surface area contributed by atoms with Crippen molar-refractivity contribution in [1.82, 2.24) is 0 Å². The molecule has 0 aliphatic carbocycles. The number of hydrogen-bond donors (Lipinski definition) is 1. The van der Waals surface area contributed by atoms with Gasteiger partial charge in [0.1, 0.15) is 11.6 Å². The highest BCUT2D eigenvalue weighted by molar-refractivity contribution is 7.10. The molecule has 1 N–H and O–H groups in total. The Balaban J connectivity index is 1.65. The minimum atomic E-state index is -0.785. The molecule has 5 rings (SSSR count). The second-order valence-electron chi connectivity index (χ2n) is 7.27. The van der Waals surface area contributed by atoms with E-state index >= 15 is 0 Å². The molecule has 0 spiro atoms. The Hall–Kier alpha value is -3.35. The number of benzene rings is 2. The Kier molecular flexibility index (Phi) is 4.68. The third-order valence-corrected chi connectivity index (χ3v) is 6.68. The highest BCUT2D eigenvalue weighted by Crippen LogP contribution is 2.44. The van der Waals surface area contributed by atoms with Gasteiger partial charge < -0.3 is 9.52 Å². The van der Waals surface area contributed by atoms with Gasteiger partial charge in [-0.1, -0.05) is 41.9 Å². The van der Waals surface area contributed by atoms with Crippen molar-refractivity contribution >= 4 is 51.3 Å². The molecule has 7 heteroatoms. The van der Waals surface area contributed by atoms with E-state index in [0.29, 0.717) is 16.3 Å². The smallest absolute Gasteiger partial charge is 0.294 e. The van der Waals surface area contributed by atoms with Gasteiger partial charge in [-0.05, 0) is 48.2 Å². The summed E-state index contributed by atoms with van der Waals surface area (Å²) in [6.45, 7) is 1.86. The Morgan fingerprint density at radius 1 is 1.13 bits per heavy atom. The molecule has 1 unspecified atom stereocenters. The van der Waals surface area contributed by atoms with Crippen molar-refractivity contribution in [3.8, 4) is 0 Å². The van der Waals surface area contributed by atoms with Crippen molar-refractivity contribution < 1.29 is 19.1 Å². The molecule has 1 atom stereocenters. The minimum absolute atomic E-state index is 0.0109. The molecule has 2 aromatic carbocycles. The van der Waals surface area contributed by atoms with Crippen LogP contribution >= 0.6 is 22.9 Å². The first-order valence-corrected chi connectivity index (χ1v) is 10.8. The van der Waals surface area contributed by atoms with Gasteiger partial charge in [-0.15, -0.1) is 11.3 Å². The maximum Gasteiger partial charge on any atom is 0.294 e. The average molecular weight is 450 g/mol. The molecule has 1 aliphatic heterocycles. The van der Waals surface area contributed by atoms with Gasteiger partial charge in [-0.3, -0.25) is 14.5 Å². The maximum atomic E-state index is 13.5. The summed E-state index contributed by atoms with van der Waals surface area (Å²) < 4.78 is 5.72. The number of nitrogens with zero attached hydrogens (tertiary/aromatic N) is 1. The van der Waals surface area contributed by atoms with Crippen LogP contribution < -0.4 is 4.90 Å². The molecule has 2 aromatic heterocycles. The van der Waals surface area contributed by atoms with Gasteiger partial charge in [-0.25, -0.2) is 0 Å². The van der Waals surface area contributed by atoms with E-state index in [2.05, 4.69) is 0 Å². The Morgan fingerprint density at radius 3 is 2.65 bits per heavy atom. The Labute approximate surface area is 186 Å². The number of carbonyl (C=O) groups is 2. The molecular formula is C24H16ClNO4S. The molecule has 1 amide bonds. The lowest BCUT2D eigenvalue weighted by Crippen LogP contribution is -2.30. The van der Waals surface area contributed by atoms with Gasteiger partial charge in [0.15, 0.2) is 11.5 Å². The summed E-state index contributed by atoms with van der Waals surface area (Å²) in [6, 6.07) is 17.0. The van der Waals surface area contributed by atoms with E-state index in [0.717, 1.165) is 15.8 Å². The quantitative estimate of drug-likeness (QED) is 0.374. The van der Waals surface area contributed by atoms with E-state index in [9.17, 15) is 14.7 Å². The maximum absolute atomic E-state index is 13.5. The number of carbonyl (C=O) groups excluding carboxylic acids is 2. The predicted molar refractivity (Wildman–Crippen MR) is 121 cm³/mol. The number of rotatable bonds is 4. The van der Waals surface area contributed by atoms with Crippen molar-refractivity contribution in [2.75, 3.05) is 4.90 Å². The molecule has 31 heavy (non-hydrogen) atoms. The molecule has 0 bridgehead atoms. The van der Waals surface area contributed by atoms with E-state index in [-0.39, 0.29) is 11.3 Å². The van der Waals surface area contributed by atoms with Crippen LogP contribution in [0.1, 0.15) is 27.0 Å². The largest absolute Gasteiger partial charge is 0.503 e. The summed E-state index contributed by atoms with van der Waals surface area (Å²) in [7, 11) is 0. The molecule has 154 valence electrons. The zero-order chi connectivity index (χ0) is 21.7. The average Bonchev–Trinajstić information content (AvgIpc) is 3.49. The van der Waals surface area contributed by atoms with Crippen LogP contribution in [-0.4, -0.2) is 16.8 Å². The Morgan fingerprint density at radius 2 is 1.94 bits per heavy atom. The first-order chi connectivity index (χ1) is 15.0. The second kappa shape index (κ2) is 7.41. The normalized spacial score (nSPS) is 16.5. The number of para-hydroxylation sites is 1. The monoisotopic (exact) mass is 449 g/mol. The molecule has 0 saturated carbocycles. The van der Waals surface area contributed by atoms with Crippen LogP contribution in [-0.2, 0) is 4.79 Å². The lowest BCUT2D eigenvalue weighted by atomic mass is 10.00. The van der Waals surface area contributed by atoms with Gasteiger partial charge in [0.2, 0.25) is 5.78 Å². The first-order valence-electron chi connectivity index (χ1n) is 9.55. The fraction of sp³-hybridized carbons (Fsp3) is 0.0833. The second-order valence-corrected chi connectivity index (χ2v) is 8.65. The van der Waals surface area contributed by atoms with Gasteiger partial charge in [0.05, 0.1) is 5.57 Å². The molecule has 0 saturated heterocycles. The lowest BCUT2D eigenvalue weighted by Gasteiger charge is -2.26. The third-order valence-electron chi connectivity index (χ3n) is 5.35. The number of aliphatic hydroxyl groups is 1. The van der Waals surface area contributed by atoms with Gasteiger partial charge in [0, 0.05) is 21.0 Å². The molecular weight excluding hydrogens is 434 g/mol. The van der Waals surface area contributed by atoms with Crippen LogP contribution in [0.4, 0.5) is 5.69 Å². The topological polar surface area (TPSA) is 70.8 Å². The van der Waals surface area contributed by atoms with E-state index in [1.165, 1.54) is 16.2 Å². The van der Waals surface area contributed by atoms with Crippen molar-refractivity contribution in [2.24, 2.45) is 0 Å². The summed E-state index contributed by atoms with van der Waals surface area (Å²) in [4.78, 5) is 28.7. The van der Waals surface area contributed by atoms with Crippen molar-refractivity contribution in [1.29, 1.82) is 0 Å². The van der Waals surface area contributed by atoms with E-state index < -0.39 is 23.5 Å². The van der Waals surface area contributed by atoms with Crippen LogP contribution in [0.2, 0.25) is 5.02 Å². The molecule has 0 fully saturated rings. The van der Waals surface area contributed by atoms with E-state index in [4.69, 9.17) is 16.0 Å². The number of furan rings is 1. The van der Waals surface area contributed by atoms with E-state index in [1.54, 1.807) is 30.3 Å². The number of thiophene rings is 1. The van der Waals surface area contributed by atoms with Crippen LogP contribution in [0.5, 0.6) is 0 Å². The fourth-order valence-electron chi connectivity index (χ4n) is 3.78. The zero-order valence-corrected chi connectivity index (χ0v) is 17.9. The highest BCUT2D eigenvalue weighted by Gasteiger charge is 2.45. The number of aryl methyl sites for hydroxylation is 1. The van der Waals surface area contributed by atoms with Gasteiger partial charge in [0.25, 0.3) is 5.91 Å². The number of aliphatic hydroxyl groups excluding tert-OH is 1. The lowest BCUT2D eigenvalue weighted by molar-refractivity contribution is -0.117. The van der Waals surface area contributed by atoms with Crippen molar-refractivity contribution in [2.45, 2.75) is 13.0 Å². The zero-order valence-electron chi connectivity index (χ0n) is 16.3. The first kappa shape index (κ1) is 19.6. The number of ketones is 1. The van der Waals surface area contributed by atoms with Crippen LogP contribution in [0.25, 0.3) is 11.0 Å². The van der Waals surface area contributed by atoms with Crippen molar-refractivity contribution in [3.05, 3.63) is 98.6 Å². The number of anilines is 1. The number of Topliss-reactive ketones (excluding diaryl/α,β-unsaturated/α-hetero) is 1. The molecule has 0 radical (unpaired) electrons. The van der Waals surface area contributed by atoms with Crippen molar-refractivity contribution in [3.63, 3.8) is 0 Å². The van der Waals surface area contributed by atoms with Gasteiger partial charge in [-0.2, -0.15) is 0 Å². The molecule has 1 aliphatic rings. The Bertz CT molecular complexity index is 1340. The third kappa shape index (κ3) is 3.15. The summed E-state index contributed by atoms with van der Waals surface area (Å²) in [5.41, 5.74) is 1.91. The number of amides is 1. The standard InChI is InChI=1S/C24H16ClNO4S/c1-13-8-9-15(12-16(13)25)26-21(19-7-4-10-31-19)20(23(28)24(26)29)22(27)18-11-14-5-2-3-6-17(14)30-18/h2-12,21,28H,1H3. The van der Waals surface area contributed by atoms with Crippen LogP contribution in [0, 0.1) is 6.92 Å². The van der Waals surface area contributed by atoms with E-state index in [1.807, 2.05) is 42.6 Å². The predicted octanol–water partition coefficient (Wildman–Crippen LogP) is 6.24. The molecule has 4 aromatic rings. The number of hydrogen-bond acceptors (Lipinski definition) is 5. The SMILES string of the molecule is Cc1ccc(N2C(=O)C(O)=C(C(=O)c3cc4ccccc4o3)C2c2cccs2)cc1Cl. The highest BCUT2D eigenvalue weighted by atomic mass is 35.5.